The molecule has 1 N–H and O–H groups in total. The summed E-state index contributed by atoms with van der Waals surface area (Å²) in [4.78, 5) is 1.28. The molecule has 0 saturated heterocycles. The molecule has 21 heavy (non-hydrogen) atoms. The minimum atomic E-state index is -0.200. The van der Waals surface area contributed by atoms with E-state index in [1.807, 2.05) is 11.8 Å². The van der Waals surface area contributed by atoms with Crippen LogP contribution in [0.1, 0.15) is 26.3 Å². The van der Waals surface area contributed by atoms with Crippen LogP contribution in [0.3, 0.4) is 0 Å². The van der Waals surface area contributed by atoms with E-state index in [1.54, 1.807) is 12.1 Å². The molecule has 2 aromatic carbocycles. The van der Waals surface area contributed by atoms with Gasteiger partial charge in [-0.3, -0.25) is 0 Å². The number of hydrogen-bond acceptors (Lipinski definition) is 2. The smallest absolute Gasteiger partial charge is 0.123 e. The third kappa shape index (κ3) is 5.09. The SMILES string of the molecule is CC(C)(C)c1ccc(SCCNc2ccc(F)cc2)cc1. The van der Waals surface area contributed by atoms with Crippen molar-refractivity contribution in [3.63, 3.8) is 0 Å². The van der Waals surface area contributed by atoms with Gasteiger partial charge in [-0.2, -0.15) is 0 Å². The topological polar surface area (TPSA) is 12.0 Å². The van der Waals surface area contributed by atoms with Crippen molar-refractivity contribution in [1.29, 1.82) is 0 Å². The molecule has 112 valence electrons. The molecule has 0 aromatic heterocycles. The maximum atomic E-state index is 12.8. The zero-order valence-corrected chi connectivity index (χ0v) is 13.6. The molecular formula is C18H22FNS. The van der Waals surface area contributed by atoms with Crippen molar-refractivity contribution in [3.05, 3.63) is 59.9 Å². The molecule has 0 bridgehead atoms. The molecule has 0 aliphatic heterocycles. The lowest BCUT2D eigenvalue weighted by Gasteiger charge is -2.19. The standard InChI is InChI=1S/C18H22FNS/c1-18(2,3)14-4-10-17(11-5-14)21-13-12-20-16-8-6-15(19)7-9-16/h4-11,20H,12-13H2,1-3H3. The van der Waals surface area contributed by atoms with Gasteiger partial charge in [0.15, 0.2) is 0 Å². The van der Waals surface area contributed by atoms with Crippen molar-refractivity contribution in [2.75, 3.05) is 17.6 Å². The highest BCUT2D eigenvalue weighted by Gasteiger charge is 2.12. The quantitative estimate of drug-likeness (QED) is 0.592. The minimum absolute atomic E-state index is 0.200. The van der Waals surface area contributed by atoms with Crippen molar-refractivity contribution >= 4 is 17.4 Å². The molecule has 0 amide bonds. The second-order valence-electron chi connectivity index (χ2n) is 6.06. The maximum Gasteiger partial charge on any atom is 0.123 e. The predicted molar refractivity (Wildman–Crippen MR) is 90.8 cm³/mol. The molecular weight excluding hydrogens is 281 g/mol. The number of nitrogens with one attached hydrogen (secondary N) is 1. The van der Waals surface area contributed by atoms with Gasteiger partial charge in [0, 0.05) is 22.9 Å². The fourth-order valence-electron chi connectivity index (χ4n) is 1.98. The molecule has 0 fully saturated rings. The Bertz CT molecular complexity index is 555. The monoisotopic (exact) mass is 303 g/mol. The molecule has 0 saturated carbocycles. The number of halogens is 1. The van der Waals surface area contributed by atoms with E-state index < -0.39 is 0 Å². The summed E-state index contributed by atoms with van der Waals surface area (Å²) in [6.45, 7) is 7.53. The number of benzene rings is 2. The van der Waals surface area contributed by atoms with E-state index in [1.165, 1.54) is 22.6 Å². The van der Waals surface area contributed by atoms with E-state index in [0.717, 1.165) is 18.0 Å². The molecule has 0 aliphatic carbocycles. The van der Waals surface area contributed by atoms with Crippen molar-refractivity contribution in [1.82, 2.24) is 0 Å². The lowest BCUT2D eigenvalue weighted by Crippen LogP contribution is -2.10. The first-order valence-electron chi connectivity index (χ1n) is 7.18. The Hall–Kier alpha value is -1.48. The summed E-state index contributed by atoms with van der Waals surface area (Å²) >= 11 is 1.83. The second kappa shape index (κ2) is 6.99. The summed E-state index contributed by atoms with van der Waals surface area (Å²) < 4.78 is 12.8. The fourth-order valence-corrected chi connectivity index (χ4v) is 2.75. The maximum absolute atomic E-state index is 12.8. The zero-order chi connectivity index (χ0) is 15.3. The van der Waals surface area contributed by atoms with Crippen LogP contribution in [0.15, 0.2) is 53.4 Å². The molecule has 0 radical (unpaired) electrons. The molecule has 3 heteroatoms. The van der Waals surface area contributed by atoms with Crippen molar-refractivity contribution in [2.24, 2.45) is 0 Å². The third-order valence-corrected chi connectivity index (χ3v) is 4.28. The van der Waals surface area contributed by atoms with Crippen molar-refractivity contribution in [2.45, 2.75) is 31.1 Å². The lowest BCUT2D eigenvalue weighted by molar-refractivity contribution is 0.590. The first-order chi connectivity index (χ1) is 9.95. The molecule has 1 nitrogen and oxygen atoms in total. The number of anilines is 1. The van der Waals surface area contributed by atoms with Crippen LogP contribution in [0.25, 0.3) is 0 Å². The van der Waals surface area contributed by atoms with E-state index in [9.17, 15) is 4.39 Å². The molecule has 0 spiro atoms. The molecule has 0 atom stereocenters. The molecule has 2 aromatic rings. The van der Waals surface area contributed by atoms with Crippen molar-refractivity contribution < 1.29 is 4.39 Å². The van der Waals surface area contributed by atoms with Crippen LogP contribution in [0, 0.1) is 5.82 Å². The van der Waals surface area contributed by atoms with Gasteiger partial charge in [0.25, 0.3) is 0 Å². The van der Waals surface area contributed by atoms with E-state index in [4.69, 9.17) is 0 Å². The Morgan fingerprint density at radius 2 is 1.57 bits per heavy atom. The Kier molecular flexibility index (Phi) is 5.29. The summed E-state index contributed by atoms with van der Waals surface area (Å²) in [5, 5.41) is 3.29. The highest BCUT2D eigenvalue weighted by molar-refractivity contribution is 7.99. The average molecular weight is 303 g/mol. The molecule has 0 unspecified atom stereocenters. The average Bonchev–Trinajstić information content (AvgIpc) is 2.45. The van der Waals surface area contributed by atoms with E-state index in [2.05, 4.69) is 50.4 Å². The molecule has 2 rings (SSSR count). The Morgan fingerprint density at radius 3 is 2.14 bits per heavy atom. The number of hydrogen-bond donors (Lipinski definition) is 1. The van der Waals surface area contributed by atoms with Crippen LogP contribution in [-0.2, 0) is 5.41 Å². The normalized spacial score (nSPS) is 11.4. The fraction of sp³-hybridized carbons (Fsp3) is 0.333. The van der Waals surface area contributed by atoms with Crippen LogP contribution in [0.5, 0.6) is 0 Å². The first kappa shape index (κ1) is 15.9. The van der Waals surface area contributed by atoms with Crippen LogP contribution in [-0.4, -0.2) is 12.3 Å². The van der Waals surface area contributed by atoms with Crippen LogP contribution in [0.2, 0.25) is 0 Å². The third-order valence-electron chi connectivity index (χ3n) is 3.26. The summed E-state index contributed by atoms with van der Waals surface area (Å²) in [5.74, 6) is 0.778. The second-order valence-corrected chi connectivity index (χ2v) is 7.22. The minimum Gasteiger partial charge on any atom is -0.384 e. The van der Waals surface area contributed by atoms with Gasteiger partial charge in [0.1, 0.15) is 5.82 Å². The Balaban J connectivity index is 1.77. The summed E-state index contributed by atoms with van der Waals surface area (Å²) in [6, 6.07) is 15.2. The summed E-state index contributed by atoms with van der Waals surface area (Å²) in [6.07, 6.45) is 0. The summed E-state index contributed by atoms with van der Waals surface area (Å²) in [7, 11) is 0. The van der Waals surface area contributed by atoms with Crippen LogP contribution in [0.4, 0.5) is 10.1 Å². The van der Waals surface area contributed by atoms with E-state index in [0.29, 0.717) is 0 Å². The first-order valence-corrected chi connectivity index (χ1v) is 8.16. The largest absolute Gasteiger partial charge is 0.384 e. The van der Waals surface area contributed by atoms with E-state index in [-0.39, 0.29) is 11.2 Å². The van der Waals surface area contributed by atoms with Gasteiger partial charge in [-0.25, -0.2) is 4.39 Å². The van der Waals surface area contributed by atoms with Crippen molar-refractivity contribution in [3.8, 4) is 0 Å². The van der Waals surface area contributed by atoms with Gasteiger partial charge in [-0.15, -0.1) is 11.8 Å². The molecule has 0 heterocycles. The number of rotatable bonds is 5. The van der Waals surface area contributed by atoms with E-state index >= 15 is 0 Å². The summed E-state index contributed by atoms with van der Waals surface area (Å²) in [5.41, 5.74) is 2.52. The number of thioether (sulfide) groups is 1. The van der Waals surface area contributed by atoms with Gasteiger partial charge < -0.3 is 5.32 Å². The highest BCUT2D eigenvalue weighted by Crippen LogP contribution is 2.25. The lowest BCUT2D eigenvalue weighted by atomic mass is 9.87. The molecule has 0 aliphatic rings. The highest BCUT2D eigenvalue weighted by atomic mass is 32.2. The van der Waals surface area contributed by atoms with Gasteiger partial charge in [0.2, 0.25) is 0 Å². The van der Waals surface area contributed by atoms with Gasteiger partial charge in [-0.05, 0) is 47.4 Å². The predicted octanol–water partition coefficient (Wildman–Crippen LogP) is 5.33. The van der Waals surface area contributed by atoms with Gasteiger partial charge >= 0.3 is 0 Å². The van der Waals surface area contributed by atoms with Crippen LogP contribution >= 0.6 is 11.8 Å². The van der Waals surface area contributed by atoms with Gasteiger partial charge in [0.05, 0.1) is 0 Å². The Morgan fingerprint density at radius 1 is 0.952 bits per heavy atom. The van der Waals surface area contributed by atoms with Crippen LogP contribution < -0.4 is 5.32 Å². The van der Waals surface area contributed by atoms with Gasteiger partial charge in [-0.1, -0.05) is 32.9 Å². The Labute approximate surface area is 131 Å². The zero-order valence-electron chi connectivity index (χ0n) is 12.8.